The summed E-state index contributed by atoms with van der Waals surface area (Å²) in [4.78, 5) is 18.3. The second kappa shape index (κ2) is 7.58. The molecular formula is C23H32N4O2. The molecule has 2 atom stereocenters. The number of morpholine rings is 1. The quantitative estimate of drug-likeness (QED) is 0.863. The highest BCUT2D eigenvalue weighted by atomic mass is 16.5. The molecule has 1 aliphatic heterocycles. The zero-order valence-corrected chi connectivity index (χ0v) is 18.2. The van der Waals surface area contributed by atoms with E-state index in [-0.39, 0.29) is 18.1 Å². The molecule has 1 saturated heterocycles. The molecule has 6 heteroatoms. The second-order valence-corrected chi connectivity index (χ2v) is 8.89. The number of H-pyrrole nitrogens is 1. The number of benzene rings is 1. The first-order chi connectivity index (χ1) is 13.8. The predicted molar refractivity (Wildman–Crippen MR) is 113 cm³/mol. The topological polar surface area (TPSA) is 61.5 Å². The third-order valence-corrected chi connectivity index (χ3v) is 6.53. The number of ether oxygens (including phenoxy) is 1. The molecule has 1 aliphatic carbocycles. The highest BCUT2D eigenvalue weighted by Gasteiger charge is 2.51. The van der Waals surface area contributed by atoms with E-state index in [1.165, 1.54) is 11.1 Å². The van der Waals surface area contributed by atoms with Crippen molar-refractivity contribution in [1.29, 1.82) is 0 Å². The van der Waals surface area contributed by atoms with Gasteiger partial charge in [0.05, 0.1) is 17.9 Å². The van der Waals surface area contributed by atoms with Gasteiger partial charge in [0, 0.05) is 50.8 Å². The molecule has 4 rings (SSSR count). The fourth-order valence-corrected chi connectivity index (χ4v) is 5.10. The molecule has 1 amide bonds. The average molecular weight is 397 g/mol. The zero-order valence-electron chi connectivity index (χ0n) is 18.2. The zero-order chi connectivity index (χ0) is 20.8. The van der Waals surface area contributed by atoms with Crippen LogP contribution in [0.4, 0.5) is 0 Å². The number of hydrogen-bond donors (Lipinski definition) is 1. The minimum absolute atomic E-state index is 0.121. The van der Waals surface area contributed by atoms with Gasteiger partial charge in [-0.1, -0.05) is 24.3 Å². The van der Waals surface area contributed by atoms with Crippen LogP contribution in [0, 0.1) is 13.8 Å². The predicted octanol–water partition coefficient (Wildman–Crippen LogP) is 2.63. The van der Waals surface area contributed by atoms with E-state index in [4.69, 9.17) is 4.74 Å². The molecule has 2 heterocycles. The van der Waals surface area contributed by atoms with Gasteiger partial charge in [0.2, 0.25) is 5.91 Å². The Morgan fingerprint density at radius 2 is 1.79 bits per heavy atom. The van der Waals surface area contributed by atoms with E-state index < -0.39 is 5.54 Å². The highest BCUT2D eigenvalue weighted by molar-refractivity contribution is 5.88. The summed E-state index contributed by atoms with van der Waals surface area (Å²) < 4.78 is 5.98. The minimum atomic E-state index is -0.545. The lowest BCUT2D eigenvalue weighted by atomic mass is 9.89. The summed E-state index contributed by atoms with van der Waals surface area (Å²) in [6.07, 6.45) is 1.76. The number of aromatic amines is 1. The van der Waals surface area contributed by atoms with Crippen LogP contribution in [0.25, 0.3) is 0 Å². The first-order valence-corrected chi connectivity index (χ1v) is 10.5. The Labute approximate surface area is 173 Å². The molecule has 0 unspecified atom stereocenters. The van der Waals surface area contributed by atoms with Crippen LogP contribution in [0.2, 0.25) is 0 Å². The van der Waals surface area contributed by atoms with E-state index >= 15 is 0 Å². The summed E-state index contributed by atoms with van der Waals surface area (Å²) >= 11 is 0. The molecule has 0 bridgehead atoms. The number of carbonyl (C=O) groups excluding carboxylic acids is 1. The summed E-state index contributed by atoms with van der Waals surface area (Å²) in [5.74, 6) is 0.190. The van der Waals surface area contributed by atoms with Gasteiger partial charge in [-0.15, -0.1) is 0 Å². The highest BCUT2D eigenvalue weighted by Crippen LogP contribution is 2.38. The number of fused-ring (bicyclic) bond motifs is 1. The SMILES string of the molecule is Cc1n[nH]c(C)c1CN(C)C(=O)C1(N2C[C@@H](C)O[C@@H](C)C2)Cc2ccccc2C1. The standard InChI is InChI=1S/C23H32N4O2/c1-15-12-27(13-16(2)29-15)23(10-19-8-6-7-9-20(19)11-23)22(28)26(5)14-21-17(3)24-25-18(21)4/h6-9,15-16H,10-14H2,1-5H3,(H,24,25)/t15-,16+. The fraction of sp³-hybridized carbons (Fsp3) is 0.565. The minimum Gasteiger partial charge on any atom is -0.373 e. The van der Waals surface area contributed by atoms with Crippen LogP contribution in [-0.4, -0.2) is 63.8 Å². The Bertz CT molecular complexity index is 852. The Morgan fingerprint density at radius 1 is 1.21 bits per heavy atom. The normalized spacial score (nSPS) is 23.8. The lowest BCUT2D eigenvalue weighted by Gasteiger charge is -2.47. The van der Waals surface area contributed by atoms with Gasteiger partial charge in [-0.25, -0.2) is 0 Å². The number of carbonyl (C=O) groups is 1. The molecule has 6 nitrogen and oxygen atoms in total. The Balaban J connectivity index is 1.66. The number of nitrogens with one attached hydrogen (secondary N) is 1. The molecule has 2 aromatic rings. The number of aromatic nitrogens is 2. The maximum Gasteiger partial charge on any atom is 0.243 e. The van der Waals surface area contributed by atoms with Crippen molar-refractivity contribution in [3.05, 3.63) is 52.3 Å². The van der Waals surface area contributed by atoms with Gasteiger partial charge in [-0.05, 0) is 38.8 Å². The summed E-state index contributed by atoms with van der Waals surface area (Å²) in [7, 11) is 1.92. The first kappa shape index (κ1) is 20.1. The molecule has 1 N–H and O–H groups in total. The number of nitrogens with zero attached hydrogens (tertiary/aromatic N) is 3. The largest absolute Gasteiger partial charge is 0.373 e. The van der Waals surface area contributed by atoms with E-state index in [1.807, 2.05) is 25.8 Å². The molecule has 29 heavy (non-hydrogen) atoms. The van der Waals surface area contributed by atoms with Gasteiger partial charge in [0.1, 0.15) is 5.54 Å². The van der Waals surface area contributed by atoms with Crippen molar-refractivity contribution in [3.8, 4) is 0 Å². The molecule has 1 aromatic carbocycles. The average Bonchev–Trinajstić information content (AvgIpc) is 3.22. The molecule has 0 saturated carbocycles. The van der Waals surface area contributed by atoms with Crippen molar-refractivity contribution >= 4 is 5.91 Å². The van der Waals surface area contributed by atoms with Gasteiger partial charge in [-0.2, -0.15) is 5.10 Å². The van der Waals surface area contributed by atoms with Crippen LogP contribution in [0.15, 0.2) is 24.3 Å². The molecule has 1 fully saturated rings. The van der Waals surface area contributed by atoms with Crippen molar-refractivity contribution in [2.24, 2.45) is 0 Å². The van der Waals surface area contributed by atoms with Crippen molar-refractivity contribution in [1.82, 2.24) is 20.0 Å². The Morgan fingerprint density at radius 3 is 2.31 bits per heavy atom. The second-order valence-electron chi connectivity index (χ2n) is 8.89. The van der Waals surface area contributed by atoms with E-state index in [2.05, 4.69) is 53.2 Å². The molecule has 2 aliphatic rings. The summed E-state index contributed by atoms with van der Waals surface area (Å²) in [6.45, 7) is 10.3. The van der Waals surface area contributed by atoms with E-state index in [0.29, 0.717) is 6.54 Å². The lowest BCUT2D eigenvalue weighted by molar-refractivity contribution is -0.153. The Hall–Kier alpha value is -2.18. The first-order valence-electron chi connectivity index (χ1n) is 10.5. The van der Waals surface area contributed by atoms with Crippen LogP contribution in [0.5, 0.6) is 0 Å². The van der Waals surface area contributed by atoms with E-state index in [1.54, 1.807) is 0 Å². The van der Waals surface area contributed by atoms with Crippen molar-refractivity contribution in [2.45, 2.75) is 64.8 Å². The van der Waals surface area contributed by atoms with Crippen LogP contribution >= 0.6 is 0 Å². The van der Waals surface area contributed by atoms with Crippen LogP contribution in [0.3, 0.4) is 0 Å². The fourth-order valence-electron chi connectivity index (χ4n) is 5.10. The molecule has 0 radical (unpaired) electrons. The van der Waals surface area contributed by atoms with E-state index in [9.17, 15) is 4.79 Å². The molecule has 0 spiro atoms. The monoisotopic (exact) mass is 396 g/mol. The van der Waals surface area contributed by atoms with Gasteiger partial charge in [-0.3, -0.25) is 14.8 Å². The van der Waals surface area contributed by atoms with Crippen molar-refractivity contribution in [3.63, 3.8) is 0 Å². The van der Waals surface area contributed by atoms with Gasteiger partial charge < -0.3 is 9.64 Å². The third kappa shape index (κ3) is 3.60. The molecular weight excluding hydrogens is 364 g/mol. The van der Waals surface area contributed by atoms with Crippen molar-refractivity contribution < 1.29 is 9.53 Å². The van der Waals surface area contributed by atoms with Gasteiger partial charge in [0.15, 0.2) is 0 Å². The number of likely N-dealkylation sites (N-methyl/N-ethyl adjacent to an activating group) is 1. The van der Waals surface area contributed by atoms with Gasteiger partial charge in [0.25, 0.3) is 0 Å². The van der Waals surface area contributed by atoms with E-state index in [0.717, 1.165) is 42.9 Å². The Kier molecular flexibility index (Phi) is 5.25. The van der Waals surface area contributed by atoms with Crippen LogP contribution in [-0.2, 0) is 28.9 Å². The lowest BCUT2D eigenvalue weighted by Crippen LogP contribution is -2.64. The van der Waals surface area contributed by atoms with Crippen molar-refractivity contribution in [2.75, 3.05) is 20.1 Å². The van der Waals surface area contributed by atoms with Gasteiger partial charge >= 0.3 is 0 Å². The third-order valence-electron chi connectivity index (χ3n) is 6.53. The smallest absolute Gasteiger partial charge is 0.243 e. The summed E-state index contributed by atoms with van der Waals surface area (Å²) in [6, 6.07) is 8.49. The summed E-state index contributed by atoms with van der Waals surface area (Å²) in [5.41, 5.74) is 5.12. The van der Waals surface area contributed by atoms with Crippen LogP contribution < -0.4 is 0 Å². The summed E-state index contributed by atoms with van der Waals surface area (Å²) in [5, 5.41) is 7.33. The maximum atomic E-state index is 14.0. The number of aryl methyl sites for hydroxylation is 2. The number of amides is 1. The number of hydrogen-bond acceptors (Lipinski definition) is 4. The number of rotatable bonds is 4. The molecule has 156 valence electrons. The molecule has 1 aromatic heterocycles. The maximum absolute atomic E-state index is 14.0. The van der Waals surface area contributed by atoms with Crippen LogP contribution in [0.1, 0.15) is 41.9 Å².